The quantitative estimate of drug-likeness (QED) is 0.698. The maximum atomic E-state index is 13.0. The molecule has 0 atom stereocenters. The van der Waals surface area contributed by atoms with E-state index in [-0.39, 0.29) is 23.9 Å². The molecule has 0 bridgehead atoms. The summed E-state index contributed by atoms with van der Waals surface area (Å²) in [5.74, 6) is -0.120. The Morgan fingerprint density at radius 3 is 2.33 bits per heavy atom. The van der Waals surface area contributed by atoms with Gasteiger partial charge in [0.15, 0.2) is 0 Å². The highest BCUT2D eigenvalue weighted by Gasteiger charge is 2.30. The third-order valence-electron chi connectivity index (χ3n) is 4.79. The largest absolute Gasteiger partial charge is 0.336 e. The number of fused-ring (bicyclic) bond motifs is 1. The molecule has 0 radical (unpaired) electrons. The lowest BCUT2D eigenvalue weighted by molar-refractivity contribution is 0.0697. The van der Waals surface area contributed by atoms with Crippen LogP contribution in [-0.2, 0) is 10.0 Å². The van der Waals surface area contributed by atoms with E-state index >= 15 is 0 Å². The summed E-state index contributed by atoms with van der Waals surface area (Å²) < 4.78 is 27.4. The van der Waals surface area contributed by atoms with Gasteiger partial charge in [0.1, 0.15) is 0 Å². The maximum absolute atomic E-state index is 13.0. The Labute approximate surface area is 158 Å². The van der Waals surface area contributed by atoms with Gasteiger partial charge in [-0.1, -0.05) is 30.3 Å². The Hall–Kier alpha value is -2.77. The molecule has 3 aromatic rings. The summed E-state index contributed by atoms with van der Waals surface area (Å²) in [6, 6.07) is 16.3. The van der Waals surface area contributed by atoms with Crippen LogP contribution in [0.25, 0.3) is 10.8 Å². The van der Waals surface area contributed by atoms with Crippen LogP contribution in [0.15, 0.2) is 71.9 Å². The van der Waals surface area contributed by atoms with E-state index in [1.54, 1.807) is 35.4 Å². The first-order valence-corrected chi connectivity index (χ1v) is 10.2. The summed E-state index contributed by atoms with van der Waals surface area (Å²) in [5, 5.41) is 1.90. The number of hydrogen-bond acceptors (Lipinski definition) is 4. The standard InChI is InChI=1S/C20H19N3O3S/c24-20(18-6-3-9-21-15-18)22-10-12-23(13-11-22)27(25,26)19-8-7-16-4-1-2-5-17(16)14-19/h1-9,14-15H,10-13H2. The topological polar surface area (TPSA) is 70.6 Å². The SMILES string of the molecule is O=C(c1cccnc1)N1CCN(S(=O)(=O)c2ccc3ccccc3c2)CC1. The predicted molar refractivity (Wildman–Crippen MR) is 103 cm³/mol. The van der Waals surface area contributed by atoms with E-state index in [1.807, 2.05) is 30.3 Å². The Morgan fingerprint density at radius 2 is 1.63 bits per heavy atom. The first kappa shape index (κ1) is 17.6. The van der Waals surface area contributed by atoms with E-state index in [0.29, 0.717) is 18.7 Å². The molecule has 1 fully saturated rings. The van der Waals surface area contributed by atoms with E-state index in [1.165, 1.54) is 10.5 Å². The fourth-order valence-corrected chi connectivity index (χ4v) is 4.74. The zero-order valence-corrected chi connectivity index (χ0v) is 15.5. The van der Waals surface area contributed by atoms with Crippen LogP contribution >= 0.6 is 0 Å². The van der Waals surface area contributed by atoms with Crippen molar-refractivity contribution in [1.29, 1.82) is 0 Å². The third kappa shape index (κ3) is 3.43. The van der Waals surface area contributed by atoms with Crippen LogP contribution in [0.4, 0.5) is 0 Å². The number of benzene rings is 2. The lowest BCUT2D eigenvalue weighted by Crippen LogP contribution is -2.50. The fraction of sp³-hybridized carbons (Fsp3) is 0.200. The molecule has 0 spiro atoms. The van der Waals surface area contributed by atoms with Crippen molar-refractivity contribution in [3.05, 3.63) is 72.6 Å². The van der Waals surface area contributed by atoms with Crippen molar-refractivity contribution >= 4 is 26.7 Å². The fourth-order valence-electron chi connectivity index (χ4n) is 3.28. The Kier molecular flexibility index (Phi) is 4.63. The molecule has 2 aromatic carbocycles. The number of sulfonamides is 1. The lowest BCUT2D eigenvalue weighted by atomic mass is 10.1. The molecule has 1 aliphatic rings. The van der Waals surface area contributed by atoms with Crippen molar-refractivity contribution in [1.82, 2.24) is 14.2 Å². The van der Waals surface area contributed by atoms with Gasteiger partial charge in [-0.2, -0.15) is 4.31 Å². The van der Waals surface area contributed by atoms with E-state index < -0.39 is 10.0 Å². The number of aromatic nitrogens is 1. The number of amides is 1. The molecule has 7 heteroatoms. The lowest BCUT2D eigenvalue weighted by Gasteiger charge is -2.34. The molecule has 1 saturated heterocycles. The highest BCUT2D eigenvalue weighted by molar-refractivity contribution is 7.89. The van der Waals surface area contributed by atoms with Crippen LogP contribution < -0.4 is 0 Å². The molecule has 4 rings (SSSR count). The van der Waals surface area contributed by atoms with Crippen LogP contribution in [0.1, 0.15) is 10.4 Å². The molecule has 1 amide bonds. The molecule has 6 nitrogen and oxygen atoms in total. The average Bonchev–Trinajstić information content (AvgIpc) is 2.73. The number of carbonyl (C=O) groups excluding carboxylic acids is 1. The zero-order chi connectivity index (χ0) is 18.9. The number of pyridine rings is 1. The van der Waals surface area contributed by atoms with Gasteiger partial charge in [-0.25, -0.2) is 8.42 Å². The van der Waals surface area contributed by atoms with Gasteiger partial charge >= 0.3 is 0 Å². The summed E-state index contributed by atoms with van der Waals surface area (Å²) in [7, 11) is -3.58. The second-order valence-electron chi connectivity index (χ2n) is 6.45. The number of nitrogens with zero attached hydrogens (tertiary/aromatic N) is 3. The molecule has 138 valence electrons. The van der Waals surface area contributed by atoms with Crippen molar-refractivity contribution in [2.45, 2.75) is 4.90 Å². The van der Waals surface area contributed by atoms with Crippen molar-refractivity contribution in [3.8, 4) is 0 Å². The van der Waals surface area contributed by atoms with Gasteiger partial charge in [0.2, 0.25) is 10.0 Å². The van der Waals surface area contributed by atoms with Crippen molar-refractivity contribution in [2.75, 3.05) is 26.2 Å². The van der Waals surface area contributed by atoms with Crippen LogP contribution in [0.3, 0.4) is 0 Å². The van der Waals surface area contributed by atoms with E-state index in [4.69, 9.17) is 0 Å². The maximum Gasteiger partial charge on any atom is 0.255 e. The molecule has 0 N–H and O–H groups in total. The zero-order valence-electron chi connectivity index (χ0n) is 14.7. The summed E-state index contributed by atoms with van der Waals surface area (Å²) >= 11 is 0. The summed E-state index contributed by atoms with van der Waals surface area (Å²) in [6.45, 7) is 1.28. The third-order valence-corrected chi connectivity index (χ3v) is 6.69. The molecule has 27 heavy (non-hydrogen) atoms. The predicted octanol–water partition coefficient (Wildman–Crippen LogP) is 2.38. The van der Waals surface area contributed by atoms with Gasteiger partial charge in [0.25, 0.3) is 5.91 Å². The van der Waals surface area contributed by atoms with Crippen molar-refractivity contribution in [3.63, 3.8) is 0 Å². The highest BCUT2D eigenvalue weighted by atomic mass is 32.2. The minimum absolute atomic E-state index is 0.120. The Bertz CT molecular complexity index is 1080. The van der Waals surface area contributed by atoms with Gasteiger partial charge in [-0.15, -0.1) is 0 Å². The molecule has 0 saturated carbocycles. The number of hydrogen-bond donors (Lipinski definition) is 0. The van der Waals surface area contributed by atoms with Crippen LogP contribution in [0.5, 0.6) is 0 Å². The molecule has 0 unspecified atom stereocenters. The minimum atomic E-state index is -3.58. The minimum Gasteiger partial charge on any atom is -0.336 e. The highest BCUT2D eigenvalue weighted by Crippen LogP contribution is 2.23. The van der Waals surface area contributed by atoms with Crippen molar-refractivity contribution in [2.24, 2.45) is 0 Å². The molecule has 2 heterocycles. The van der Waals surface area contributed by atoms with Gasteiger partial charge < -0.3 is 4.90 Å². The smallest absolute Gasteiger partial charge is 0.255 e. The Balaban J connectivity index is 1.50. The molecule has 1 aliphatic heterocycles. The number of carbonyl (C=O) groups is 1. The number of rotatable bonds is 3. The monoisotopic (exact) mass is 381 g/mol. The van der Waals surface area contributed by atoms with Crippen LogP contribution in [0, 0.1) is 0 Å². The molecular weight excluding hydrogens is 362 g/mol. The van der Waals surface area contributed by atoms with E-state index in [0.717, 1.165) is 10.8 Å². The van der Waals surface area contributed by atoms with Gasteiger partial charge in [0, 0.05) is 38.6 Å². The first-order valence-electron chi connectivity index (χ1n) is 8.74. The second-order valence-corrected chi connectivity index (χ2v) is 8.38. The Morgan fingerprint density at radius 1 is 0.889 bits per heavy atom. The van der Waals surface area contributed by atoms with E-state index in [2.05, 4.69) is 4.98 Å². The number of piperazine rings is 1. The second kappa shape index (κ2) is 7.09. The van der Waals surface area contributed by atoms with Gasteiger partial charge in [-0.3, -0.25) is 9.78 Å². The average molecular weight is 381 g/mol. The van der Waals surface area contributed by atoms with Gasteiger partial charge in [0.05, 0.1) is 10.5 Å². The van der Waals surface area contributed by atoms with Crippen LogP contribution in [0.2, 0.25) is 0 Å². The first-order chi connectivity index (χ1) is 13.1. The molecule has 1 aromatic heterocycles. The summed E-state index contributed by atoms with van der Waals surface area (Å²) in [6.07, 6.45) is 3.14. The van der Waals surface area contributed by atoms with Crippen molar-refractivity contribution < 1.29 is 13.2 Å². The normalized spacial score (nSPS) is 15.8. The molecular formula is C20H19N3O3S. The van der Waals surface area contributed by atoms with Gasteiger partial charge in [-0.05, 0) is 35.0 Å². The summed E-state index contributed by atoms with van der Waals surface area (Å²) in [4.78, 5) is 18.4. The van der Waals surface area contributed by atoms with Crippen LogP contribution in [-0.4, -0.2) is 54.7 Å². The molecule has 0 aliphatic carbocycles. The summed E-state index contributed by atoms with van der Waals surface area (Å²) in [5.41, 5.74) is 0.517. The van der Waals surface area contributed by atoms with E-state index in [9.17, 15) is 13.2 Å².